The lowest BCUT2D eigenvalue weighted by Gasteiger charge is -2.26. The van der Waals surface area contributed by atoms with Crippen LogP contribution in [0.2, 0.25) is 0 Å². The fourth-order valence-electron chi connectivity index (χ4n) is 2.24. The maximum absolute atomic E-state index is 5.51. The molecule has 1 aliphatic rings. The fourth-order valence-corrected chi connectivity index (χ4v) is 2.24. The maximum Gasteiger partial charge on any atom is 0.0703 e. The molecule has 0 aromatic heterocycles. The largest absolute Gasteiger partial charge is 0.378 e. The highest BCUT2D eigenvalue weighted by atomic mass is 16.5. The monoisotopic (exact) mass is 243 g/mol. The molecule has 1 aliphatic carbocycles. The van der Waals surface area contributed by atoms with Gasteiger partial charge in [-0.1, -0.05) is 6.92 Å². The van der Waals surface area contributed by atoms with Crippen molar-refractivity contribution in [3.63, 3.8) is 0 Å². The molecule has 0 atom stereocenters. The zero-order chi connectivity index (χ0) is 12.5. The fraction of sp³-hybridized carbons (Fsp3) is 1.00. The first-order valence-corrected chi connectivity index (χ1v) is 7.11. The predicted molar refractivity (Wildman–Crippen MR) is 71.3 cm³/mol. The summed E-state index contributed by atoms with van der Waals surface area (Å²) in [4.78, 5) is 0. The van der Waals surface area contributed by atoms with E-state index in [2.05, 4.69) is 12.2 Å². The highest BCUT2D eigenvalue weighted by Crippen LogP contribution is 2.23. The second-order valence-electron chi connectivity index (χ2n) is 5.44. The van der Waals surface area contributed by atoms with Gasteiger partial charge in [-0.2, -0.15) is 0 Å². The summed E-state index contributed by atoms with van der Waals surface area (Å²) in [6, 6.07) is 0.724. The number of ether oxygens (including phenoxy) is 2. The first-order valence-electron chi connectivity index (χ1n) is 7.11. The van der Waals surface area contributed by atoms with E-state index in [1.165, 1.54) is 25.7 Å². The molecule has 1 saturated carbocycles. The second-order valence-corrected chi connectivity index (χ2v) is 5.44. The third-order valence-corrected chi connectivity index (χ3v) is 3.37. The van der Waals surface area contributed by atoms with Crippen LogP contribution in [0.25, 0.3) is 0 Å². The van der Waals surface area contributed by atoms with Crippen molar-refractivity contribution in [1.82, 2.24) is 5.32 Å². The number of nitrogens with one attached hydrogen (secondary N) is 1. The van der Waals surface area contributed by atoms with Crippen LogP contribution < -0.4 is 5.32 Å². The molecule has 0 amide bonds. The lowest BCUT2D eigenvalue weighted by molar-refractivity contribution is 0.0198. The molecule has 0 radical (unpaired) electrons. The molecule has 0 heterocycles. The van der Waals surface area contributed by atoms with E-state index in [-0.39, 0.29) is 0 Å². The molecule has 0 spiro atoms. The van der Waals surface area contributed by atoms with Crippen LogP contribution in [0.5, 0.6) is 0 Å². The Kier molecular flexibility index (Phi) is 7.82. The average Bonchev–Trinajstić information content (AvgIpc) is 2.30. The molecule has 102 valence electrons. The summed E-state index contributed by atoms with van der Waals surface area (Å²) >= 11 is 0. The highest BCUT2D eigenvalue weighted by molar-refractivity contribution is 4.74. The van der Waals surface area contributed by atoms with E-state index < -0.39 is 0 Å². The molecular weight excluding hydrogens is 214 g/mol. The van der Waals surface area contributed by atoms with Crippen LogP contribution in [0.3, 0.4) is 0 Å². The quantitative estimate of drug-likeness (QED) is 0.665. The van der Waals surface area contributed by atoms with Crippen LogP contribution in [0.15, 0.2) is 0 Å². The normalized spacial score (nSPS) is 25.4. The van der Waals surface area contributed by atoms with Gasteiger partial charge in [-0.25, -0.2) is 0 Å². The van der Waals surface area contributed by atoms with Crippen LogP contribution in [0.1, 0.15) is 46.5 Å². The summed E-state index contributed by atoms with van der Waals surface area (Å²) in [6.45, 7) is 9.64. The first-order chi connectivity index (χ1) is 8.18. The van der Waals surface area contributed by atoms with Gasteiger partial charge in [0.05, 0.1) is 25.9 Å². The lowest BCUT2D eigenvalue weighted by Crippen LogP contribution is -2.35. The van der Waals surface area contributed by atoms with Gasteiger partial charge in [-0.3, -0.25) is 0 Å². The van der Waals surface area contributed by atoms with Crippen molar-refractivity contribution in [3.8, 4) is 0 Å². The molecule has 1 N–H and O–H groups in total. The molecule has 1 fully saturated rings. The van der Waals surface area contributed by atoms with E-state index in [1.807, 2.05) is 13.8 Å². The van der Waals surface area contributed by atoms with Gasteiger partial charge in [0, 0.05) is 12.6 Å². The van der Waals surface area contributed by atoms with Crippen molar-refractivity contribution in [2.75, 3.05) is 26.4 Å². The van der Waals surface area contributed by atoms with Gasteiger partial charge in [0.25, 0.3) is 0 Å². The van der Waals surface area contributed by atoms with Crippen LogP contribution >= 0.6 is 0 Å². The second kappa shape index (κ2) is 8.90. The smallest absolute Gasteiger partial charge is 0.0703 e. The average molecular weight is 243 g/mol. The van der Waals surface area contributed by atoms with Gasteiger partial charge in [0.2, 0.25) is 0 Å². The maximum atomic E-state index is 5.51. The van der Waals surface area contributed by atoms with Gasteiger partial charge in [-0.15, -0.1) is 0 Å². The lowest BCUT2D eigenvalue weighted by atomic mass is 9.87. The van der Waals surface area contributed by atoms with Gasteiger partial charge >= 0.3 is 0 Å². The summed E-state index contributed by atoms with van der Waals surface area (Å²) in [5.41, 5.74) is 0. The van der Waals surface area contributed by atoms with Crippen LogP contribution in [-0.2, 0) is 9.47 Å². The summed E-state index contributed by atoms with van der Waals surface area (Å²) in [5, 5.41) is 3.58. The molecule has 3 nitrogen and oxygen atoms in total. The van der Waals surface area contributed by atoms with E-state index in [1.54, 1.807) is 0 Å². The van der Waals surface area contributed by atoms with E-state index in [0.29, 0.717) is 19.3 Å². The molecule has 1 rings (SSSR count). The Balaban J connectivity index is 1.84. The van der Waals surface area contributed by atoms with Gasteiger partial charge in [0.15, 0.2) is 0 Å². The molecular formula is C14H29NO2. The van der Waals surface area contributed by atoms with Crippen molar-refractivity contribution in [2.24, 2.45) is 5.92 Å². The van der Waals surface area contributed by atoms with Gasteiger partial charge in [0.1, 0.15) is 0 Å². The Morgan fingerprint density at radius 2 is 1.76 bits per heavy atom. The number of rotatable bonds is 8. The summed E-state index contributed by atoms with van der Waals surface area (Å²) in [5.74, 6) is 0.928. The van der Waals surface area contributed by atoms with E-state index in [9.17, 15) is 0 Å². The van der Waals surface area contributed by atoms with Gasteiger partial charge in [-0.05, 0) is 45.4 Å². The molecule has 17 heavy (non-hydrogen) atoms. The highest BCUT2D eigenvalue weighted by Gasteiger charge is 2.16. The number of hydrogen-bond acceptors (Lipinski definition) is 3. The molecule has 3 heteroatoms. The van der Waals surface area contributed by atoms with E-state index in [4.69, 9.17) is 9.47 Å². The first kappa shape index (κ1) is 14.9. The minimum absolute atomic E-state index is 0.306. The molecule has 0 aliphatic heterocycles. The predicted octanol–water partition coefficient (Wildman–Crippen LogP) is 2.60. The third kappa shape index (κ3) is 7.74. The van der Waals surface area contributed by atoms with Crippen LogP contribution in [0, 0.1) is 5.92 Å². The van der Waals surface area contributed by atoms with E-state index in [0.717, 1.165) is 25.1 Å². The van der Waals surface area contributed by atoms with Crippen molar-refractivity contribution < 1.29 is 9.47 Å². The minimum Gasteiger partial charge on any atom is -0.378 e. The Morgan fingerprint density at radius 1 is 1.06 bits per heavy atom. The van der Waals surface area contributed by atoms with Crippen molar-refractivity contribution in [2.45, 2.75) is 58.6 Å². The molecule has 0 unspecified atom stereocenters. The Labute approximate surface area is 106 Å². The zero-order valence-corrected chi connectivity index (χ0v) is 11.7. The molecule has 0 aromatic carbocycles. The number of hydrogen-bond donors (Lipinski definition) is 1. The Hall–Kier alpha value is -0.120. The van der Waals surface area contributed by atoms with Crippen molar-refractivity contribution >= 4 is 0 Å². The third-order valence-electron chi connectivity index (χ3n) is 3.37. The zero-order valence-electron chi connectivity index (χ0n) is 11.7. The topological polar surface area (TPSA) is 30.5 Å². The SMILES string of the molecule is CC1CCC(NCCOCCOC(C)C)CC1. The van der Waals surface area contributed by atoms with Gasteiger partial charge < -0.3 is 14.8 Å². The summed E-state index contributed by atoms with van der Waals surface area (Å²) < 4.78 is 10.9. The standard InChI is InChI=1S/C14H29NO2/c1-12(2)17-11-10-16-9-8-15-14-6-4-13(3)5-7-14/h12-15H,4-11H2,1-3H3. The molecule has 0 bridgehead atoms. The van der Waals surface area contributed by atoms with Crippen molar-refractivity contribution in [3.05, 3.63) is 0 Å². The molecule has 0 saturated heterocycles. The summed E-state index contributed by atoms with van der Waals surface area (Å²) in [6.07, 6.45) is 5.72. The Bertz CT molecular complexity index is 177. The molecule has 0 aromatic rings. The van der Waals surface area contributed by atoms with E-state index >= 15 is 0 Å². The van der Waals surface area contributed by atoms with Crippen LogP contribution in [0.4, 0.5) is 0 Å². The minimum atomic E-state index is 0.306. The van der Waals surface area contributed by atoms with Crippen LogP contribution in [-0.4, -0.2) is 38.5 Å². The van der Waals surface area contributed by atoms with Crippen molar-refractivity contribution in [1.29, 1.82) is 0 Å². The Morgan fingerprint density at radius 3 is 2.41 bits per heavy atom. The summed E-state index contributed by atoms with van der Waals surface area (Å²) in [7, 11) is 0.